The number of nitrogens with zero attached hydrogens (tertiary/aromatic N) is 4. The molecule has 0 atom stereocenters. The standard InChI is InChI=1S/C13H17N5S/c1-4-10-17-11(14-5-2)6-12(18-10)19-13-15-7-9(3)8-16-13/h6-8H,4-5H2,1-3H3,(H,14,17,18). The predicted octanol–water partition coefficient (Wildman–Crippen LogP) is 2.72. The number of hydrogen-bond acceptors (Lipinski definition) is 6. The number of hydrogen-bond donors (Lipinski definition) is 1. The third-order valence-corrected chi connectivity index (χ3v) is 3.19. The second-order valence-corrected chi connectivity index (χ2v) is 5.02. The van der Waals surface area contributed by atoms with E-state index in [1.54, 1.807) is 0 Å². The first-order valence-electron chi connectivity index (χ1n) is 6.29. The molecular weight excluding hydrogens is 258 g/mol. The molecule has 2 heterocycles. The van der Waals surface area contributed by atoms with Gasteiger partial charge in [0.2, 0.25) is 0 Å². The quantitative estimate of drug-likeness (QED) is 0.668. The van der Waals surface area contributed by atoms with Gasteiger partial charge in [-0.1, -0.05) is 6.92 Å². The van der Waals surface area contributed by atoms with Crippen LogP contribution in [0, 0.1) is 6.92 Å². The van der Waals surface area contributed by atoms with E-state index in [-0.39, 0.29) is 0 Å². The normalized spacial score (nSPS) is 10.5. The van der Waals surface area contributed by atoms with E-state index in [1.807, 2.05) is 39.2 Å². The molecule has 2 aromatic rings. The molecule has 0 radical (unpaired) electrons. The van der Waals surface area contributed by atoms with E-state index in [9.17, 15) is 0 Å². The van der Waals surface area contributed by atoms with Crippen molar-refractivity contribution in [3.63, 3.8) is 0 Å². The number of aromatic nitrogens is 4. The van der Waals surface area contributed by atoms with Crippen LogP contribution in [0.1, 0.15) is 25.2 Å². The van der Waals surface area contributed by atoms with Crippen molar-refractivity contribution < 1.29 is 0 Å². The van der Waals surface area contributed by atoms with Gasteiger partial charge >= 0.3 is 0 Å². The van der Waals surface area contributed by atoms with Crippen LogP contribution in [0.25, 0.3) is 0 Å². The summed E-state index contributed by atoms with van der Waals surface area (Å²) in [7, 11) is 0. The molecule has 2 aromatic heterocycles. The summed E-state index contributed by atoms with van der Waals surface area (Å²) in [6.45, 7) is 6.90. The molecule has 0 saturated carbocycles. The Hall–Kier alpha value is -1.69. The van der Waals surface area contributed by atoms with Crippen LogP contribution >= 0.6 is 11.8 Å². The minimum absolute atomic E-state index is 0.703. The molecule has 2 rings (SSSR count). The Balaban J connectivity index is 2.23. The Labute approximate surface area is 117 Å². The van der Waals surface area contributed by atoms with Crippen LogP contribution in [0.5, 0.6) is 0 Å². The minimum Gasteiger partial charge on any atom is -0.370 e. The van der Waals surface area contributed by atoms with Gasteiger partial charge in [0.15, 0.2) is 5.16 Å². The highest BCUT2D eigenvalue weighted by Gasteiger charge is 2.06. The summed E-state index contributed by atoms with van der Waals surface area (Å²) in [5, 5.41) is 4.78. The highest BCUT2D eigenvalue weighted by atomic mass is 32.2. The van der Waals surface area contributed by atoms with Crippen molar-refractivity contribution in [2.75, 3.05) is 11.9 Å². The number of anilines is 1. The first-order valence-corrected chi connectivity index (χ1v) is 7.11. The van der Waals surface area contributed by atoms with Crippen molar-refractivity contribution in [2.45, 2.75) is 37.4 Å². The molecule has 5 nitrogen and oxygen atoms in total. The monoisotopic (exact) mass is 275 g/mol. The Morgan fingerprint density at radius 2 is 1.89 bits per heavy atom. The average Bonchev–Trinajstić information content (AvgIpc) is 2.41. The minimum atomic E-state index is 0.703. The van der Waals surface area contributed by atoms with E-state index >= 15 is 0 Å². The van der Waals surface area contributed by atoms with Gasteiger partial charge in [0.1, 0.15) is 16.7 Å². The Morgan fingerprint density at radius 1 is 1.16 bits per heavy atom. The second-order valence-electron chi connectivity index (χ2n) is 4.04. The van der Waals surface area contributed by atoms with Crippen molar-refractivity contribution in [3.05, 3.63) is 29.8 Å². The third-order valence-electron chi connectivity index (χ3n) is 2.38. The van der Waals surface area contributed by atoms with Gasteiger partial charge < -0.3 is 5.32 Å². The largest absolute Gasteiger partial charge is 0.370 e. The highest BCUT2D eigenvalue weighted by molar-refractivity contribution is 7.99. The van der Waals surface area contributed by atoms with Gasteiger partial charge in [-0.15, -0.1) is 0 Å². The van der Waals surface area contributed by atoms with Crippen LogP contribution in [0.3, 0.4) is 0 Å². The van der Waals surface area contributed by atoms with Crippen LogP contribution in [-0.2, 0) is 6.42 Å². The zero-order chi connectivity index (χ0) is 13.7. The van der Waals surface area contributed by atoms with Crippen LogP contribution < -0.4 is 5.32 Å². The zero-order valence-electron chi connectivity index (χ0n) is 11.3. The van der Waals surface area contributed by atoms with E-state index in [1.165, 1.54) is 11.8 Å². The second kappa shape index (κ2) is 6.47. The maximum absolute atomic E-state index is 4.48. The fourth-order valence-corrected chi connectivity index (χ4v) is 2.20. The summed E-state index contributed by atoms with van der Waals surface area (Å²) in [4.78, 5) is 17.5. The molecule has 0 spiro atoms. The van der Waals surface area contributed by atoms with Gasteiger partial charge in [-0.05, 0) is 31.2 Å². The lowest BCUT2D eigenvalue weighted by molar-refractivity contribution is 0.880. The van der Waals surface area contributed by atoms with Crippen LogP contribution in [-0.4, -0.2) is 26.5 Å². The van der Waals surface area contributed by atoms with Gasteiger partial charge in [0, 0.05) is 31.4 Å². The molecule has 0 bridgehead atoms. The summed E-state index contributed by atoms with van der Waals surface area (Å²) in [6, 6.07) is 1.93. The zero-order valence-corrected chi connectivity index (χ0v) is 12.2. The topological polar surface area (TPSA) is 63.6 Å². The summed E-state index contributed by atoms with van der Waals surface area (Å²) < 4.78 is 0. The van der Waals surface area contributed by atoms with E-state index in [2.05, 4.69) is 25.3 Å². The molecule has 6 heteroatoms. The van der Waals surface area contributed by atoms with Crippen molar-refractivity contribution >= 4 is 17.6 Å². The maximum Gasteiger partial charge on any atom is 0.193 e. The lowest BCUT2D eigenvalue weighted by atomic mass is 10.4. The molecule has 0 aliphatic rings. The summed E-state index contributed by atoms with van der Waals surface area (Å²) in [5.41, 5.74) is 1.05. The molecule has 100 valence electrons. The van der Waals surface area contributed by atoms with E-state index in [4.69, 9.17) is 0 Å². The first-order chi connectivity index (χ1) is 9.21. The van der Waals surface area contributed by atoms with Gasteiger partial charge in [-0.2, -0.15) is 0 Å². The number of aryl methyl sites for hydroxylation is 2. The summed E-state index contributed by atoms with van der Waals surface area (Å²) >= 11 is 1.45. The van der Waals surface area contributed by atoms with Gasteiger partial charge in [0.25, 0.3) is 0 Å². The lowest BCUT2D eigenvalue weighted by Crippen LogP contribution is -2.04. The Bertz CT molecular complexity index is 541. The molecule has 0 amide bonds. The molecule has 0 aromatic carbocycles. The van der Waals surface area contributed by atoms with Crippen LogP contribution in [0.2, 0.25) is 0 Å². The average molecular weight is 275 g/mol. The van der Waals surface area contributed by atoms with Gasteiger partial charge in [-0.3, -0.25) is 0 Å². The van der Waals surface area contributed by atoms with E-state index in [0.717, 1.165) is 35.2 Å². The van der Waals surface area contributed by atoms with Gasteiger partial charge in [0.05, 0.1) is 0 Å². The van der Waals surface area contributed by atoms with Crippen molar-refractivity contribution in [1.29, 1.82) is 0 Å². The van der Waals surface area contributed by atoms with E-state index < -0.39 is 0 Å². The Kier molecular flexibility index (Phi) is 4.68. The van der Waals surface area contributed by atoms with Crippen molar-refractivity contribution in [2.24, 2.45) is 0 Å². The highest BCUT2D eigenvalue weighted by Crippen LogP contribution is 2.24. The van der Waals surface area contributed by atoms with E-state index in [0.29, 0.717) is 5.16 Å². The van der Waals surface area contributed by atoms with Crippen LogP contribution in [0.15, 0.2) is 28.6 Å². The molecular formula is C13H17N5S. The third kappa shape index (κ3) is 3.89. The number of rotatable bonds is 5. The predicted molar refractivity (Wildman–Crippen MR) is 76.5 cm³/mol. The SMILES string of the molecule is CCNc1cc(Sc2ncc(C)cn2)nc(CC)n1. The van der Waals surface area contributed by atoms with Gasteiger partial charge in [-0.25, -0.2) is 19.9 Å². The van der Waals surface area contributed by atoms with Crippen molar-refractivity contribution in [1.82, 2.24) is 19.9 Å². The first kappa shape index (κ1) is 13.7. The number of nitrogens with one attached hydrogen (secondary N) is 1. The molecule has 0 saturated heterocycles. The molecule has 0 aliphatic carbocycles. The fraction of sp³-hybridized carbons (Fsp3) is 0.385. The smallest absolute Gasteiger partial charge is 0.193 e. The lowest BCUT2D eigenvalue weighted by Gasteiger charge is -2.07. The molecule has 1 N–H and O–H groups in total. The van der Waals surface area contributed by atoms with Crippen molar-refractivity contribution in [3.8, 4) is 0 Å². The fourth-order valence-electron chi connectivity index (χ4n) is 1.48. The molecule has 0 unspecified atom stereocenters. The molecule has 0 fully saturated rings. The van der Waals surface area contributed by atoms with Crippen LogP contribution in [0.4, 0.5) is 5.82 Å². The summed E-state index contributed by atoms with van der Waals surface area (Å²) in [6.07, 6.45) is 4.42. The Morgan fingerprint density at radius 3 is 2.53 bits per heavy atom. The molecule has 0 aliphatic heterocycles. The summed E-state index contributed by atoms with van der Waals surface area (Å²) in [5.74, 6) is 1.68. The molecule has 19 heavy (non-hydrogen) atoms. The maximum atomic E-state index is 4.48.